The van der Waals surface area contributed by atoms with Gasteiger partial charge in [-0.25, -0.2) is 0 Å². The lowest BCUT2D eigenvalue weighted by molar-refractivity contribution is 0.112. The van der Waals surface area contributed by atoms with Gasteiger partial charge in [-0.05, 0) is 24.6 Å². The van der Waals surface area contributed by atoms with E-state index < -0.39 is 0 Å². The molecule has 0 fully saturated rings. The van der Waals surface area contributed by atoms with Crippen molar-refractivity contribution < 1.29 is 9.53 Å². The Balaban J connectivity index is 2.32. The number of hydrogen-bond acceptors (Lipinski definition) is 3. The minimum Gasteiger partial charge on any atom is -0.494 e. The van der Waals surface area contributed by atoms with Gasteiger partial charge < -0.3 is 4.74 Å². The zero-order valence-corrected chi connectivity index (χ0v) is 10.1. The first-order valence-electron chi connectivity index (χ1n) is 5.81. The Morgan fingerprint density at radius 2 is 2.29 bits per heavy atom. The molecule has 0 aliphatic rings. The number of aromatic nitrogens is 2. The third-order valence-corrected chi connectivity index (χ3v) is 2.73. The van der Waals surface area contributed by atoms with E-state index in [9.17, 15) is 4.79 Å². The predicted molar refractivity (Wildman–Crippen MR) is 66.5 cm³/mol. The number of ether oxygens (including phenoxy) is 1. The van der Waals surface area contributed by atoms with Crippen LogP contribution < -0.4 is 4.74 Å². The lowest BCUT2D eigenvalue weighted by Crippen LogP contribution is -1.96. The lowest BCUT2D eigenvalue weighted by Gasteiger charge is -2.05. The van der Waals surface area contributed by atoms with Crippen LogP contribution in [0, 0.1) is 0 Å². The third kappa shape index (κ3) is 2.30. The highest BCUT2D eigenvalue weighted by Crippen LogP contribution is 2.22. The van der Waals surface area contributed by atoms with Crippen LogP contribution in [0.15, 0.2) is 18.2 Å². The molecule has 0 aliphatic carbocycles. The number of benzene rings is 1. The van der Waals surface area contributed by atoms with Gasteiger partial charge >= 0.3 is 0 Å². The van der Waals surface area contributed by atoms with Gasteiger partial charge in [-0.2, -0.15) is 5.10 Å². The van der Waals surface area contributed by atoms with Crippen LogP contribution in [0.4, 0.5) is 0 Å². The molecule has 1 aromatic heterocycles. The fraction of sp³-hybridized carbons (Fsp3) is 0.385. The maximum absolute atomic E-state index is 10.9. The zero-order valence-electron chi connectivity index (χ0n) is 10.1. The summed E-state index contributed by atoms with van der Waals surface area (Å²) < 4.78 is 7.31. The molecule has 1 heterocycles. The maximum Gasteiger partial charge on any atom is 0.170 e. The molecule has 1 aromatic carbocycles. The molecule has 0 saturated heterocycles. The van der Waals surface area contributed by atoms with E-state index in [4.69, 9.17) is 4.74 Å². The van der Waals surface area contributed by atoms with Crippen molar-refractivity contribution in [3.8, 4) is 5.75 Å². The minimum absolute atomic E-state index is 0.462. The number of carbonyl (C=O) groups is 1. The maximum atomic E-state index is 10.9. The number of aldehydes is 1. The fourth-order valence-electron chi connectivity index (χ4n) is 1.78. The van der Waals surface area contributed by atoms with Gasteiger partial charge in [0, 0.05) is 12.4 Å². The van der Waals surface area contributed by atoms with E-state index in [1.54, 1.807) is 4.68 Å². The largest absolute Gasteiger partial charge is 0.494 e. The molecule has 2 rings (SSSR count). The van der Waals surface area contributed by atoms with Gasteiger partial charge in [0.2, 0.25) is 0 Å². The van der Waals surface area contributed by atoms with Crippen molar-refractivity contribution in [2.45, 2.75) is 19.8 Å². The molecular weight excluding hydrogens is 216 g/mol. The van der Waals surface area contributed by atoms with Crippen molar-refractivity contribution in [1.82, 2.24) is 9.78 Å². The molecule has 0 amide bonds. The van der Waals surface area contributed by atoms with E-state index in [-0.39, 0.29) is 0 Å². The second-order valence-corrected chi connectivity index (χ2v) is 4.01. The average molecular weight is 232 g/mol. The summed E-state index contributed by atoms with van der Waals surface area (Å²) in [5.41, 5.74) is 1.40. The van der Waals surface area contributed by atoms with Crippen LogP contribution in [0.25, 0.3) is 10.9 Å². The van der Waals surface area contributed by atoms with Crippen LogP contribution in [0.2, 0.25) is 0 Å². The molecule has 0 atom stereocenters. The lowest BCUT2D eigenvalue weighted by atomic mass is 10.2. The van der Waals surface area contributed by atoms with E-state index in [1.165, 1.54) is 0 Å². The second-order valence-electron chi connectivity index (χ2n) is 4.01. The Bertz CT molecular complexity index is 531. The third-order valence-electron chi connectivity index (χ3n) is 2.73. The Hall–Kier alpha value is -1.84. The first kappa shape index (κ1) is 11.6. The molecule has 0 radical (unpaired) electrons. The summed E-state index contributed by atoms with van der Waals surface area (Å²) in [6, 6.07) is 5.71. The van der Waals surface area contributed by atoms with Gasteiger partial charge in [0.1, 0.15) is 11.4 Å². The van der Waals surface area contributed by atoms with E-state index in [0.29, 0.717) is 12.3 Å². The van der Waals surface area contributed by atoms with E-state index in [2.05, 4.69) is 12.0 Å². The van der Waals surface area contributed by atoms with Gasteiger partial charge in [0.25, 0.3) is 0 Å². The van der Waals surface area contributed by atoms with Crippen molar-refractivity contribution in [2.24, 2.45) is 7.05 Å². The Morgan fingerprint density at radius 1 is 1.47 bits per heavy atom. The van der Waals surface area contributed by atoms with Crippen molar-refractivity contribution in [3.63, 3.8) is 0 Å². The Kier molecular flexibility index (Phi) is 3.42. The van der Waals surface area contributed by atoms with Gasteiger partial charge in [0.15, 0.2) is 6.29 Å². The first-order valence-corrected chi connectivity index (χ1v) is 5.81. The zero-order chi connectivity index (χ0) is 12.3. The summed E-state index contributed by atoms with van der Waals surface area (Å²) in [5, 5.41) is 4.98. The smallest absolute Gasteiger partial charge is 0.170 e. The summed E-state index contributed by atoms with van der Waals surface area (Å²) in [7, 11) is 1.83. The van der Waals surface area contributed by atoms with E-state index in [1.807, 2.05) is 25.2 Å². The van der Waals surface area contributed by atoms with Crippen LogP contribution in [0.3, 0.4) is 0 Å². The van der Waals surface area contributed by atoms with Crippen molar-refractivity contribution >= 4 is 17.2 Å². The van der Waals surface area contributed by atoms with Crippen LogP contribution >= 0.6 is 0 Å². The molecular formula is C13H16N2O2. The summed E-state index contributed by atoms with van der Waals surface area (Å²) in [4.78, 5) is 10.9. The molecule has 90 valence electrons. The van der Waals surface area contributed by atoms with Crippen LogP contribution in [0.5, 0.6) is 5.75 Å². The van der Waals surface area contributed by atoms with Crippen molar-refractivity contribution in [3.05, 3.63) is 23.9 Å². The van der Waals surface area contributed by atoms with E-state index in [0.717, 1.165) is 35.8 Å². The number of carbonyl (C=O) groups excluding carboxylic acids is 1. The average Bonchev–Trinajstić information content (AvgIpc) is 2.66. The van der Waals surface area contributed by atoms with Gasteiger partial charge in [-0.3, -0.25) is 9.48 Å². The van der Waals surface area contributed by atoms with Crippen LogP contribution in [0.1, 0.15) is 30.3 Å². The number of fused-ring (bicyclic) bond motifs is 1. The van der Waals surface area contributed by atoms with Crippen LogP contribution in [-0.2, 0) is 7.05 Å². The number of hydrogen-bond donors (Lipinski definition) is 0. The van der Waals surface area contributed by atoms with Gasteiger partial charge in [-0.1, -0.05) is 13.3 Å². The molecule has 0 N–H and O–H groups in total. The monoisotopic (exact) mass is 232 g/mol. The summed E-state index contributed by atoms with van der Waals surface area (Å²) >= 11 is 0. The molecule has 0 saturated carbocycles. The highest BCUT2D eigenvalue weighted by Gasteiger charge is 2.08. The highest BCUT2D eigenvalue weighted by atomic mass is 16.5. The van der Waals surface area contributed by atoms with Crippen molar-refractivity contribution in [2.75, 3.05) is 6.61 Å². The molecule has 4 heteroatoms. The summed E-state index contributed by atoms with van der Waals surface area (Å²) in [6.07, 6.45) is 2.92. The normalized spacial score (nSPS) is 10.7. The highest BCUT2D eigenvalue weighted by molar-refractivity contribution is 5.95. The predicted octanol–water partition coefficient (Wildman–Crippen LogP) is 2.56. The SMILES string of the molecule is CCCCOc1ccc2c(c1)c(C=O)nn2C. The fourth-order valence-corrected chi connectivity index (χ4v) is 1.78. The van der Waals surface area contributed by atoms with E-state index >= 15 is 0 Å². The Labute approximate surface area is 100 Å². The molecule has 17 heavy (non-hydrogen) atoms. The summed E-state index contributed by atoms with van der Waals surface area (Å²) in [6.45, 7) is 2.83. The molecule has 0 aliphatic heterocycles. The topological polar surface area (TPSA) is 44.1 Å². The second kappa shape index (κ2) is 4.99. The molecule has 0 bridgehead atoms. The number of nitrogens with zero attached hydrogens (tertiary/aromatic N) is 2. The quantitative estimate of drug-likeness (QED) is 0.588. The Morgan fingerprint density at radius 3 is 3.00 bits per heavy atom. The standard InChI is InChI=1S/C13H16N2O2/c1-3-4-7-17-10-5-6-13-11(8-10)12(9-16)14-15(13)2/h5-6,8-9H,3-4,7H2,1-2H3. The first-order chi connectivity index (χ1) is 8.26. The molecule has 0 unspecified atom stereocenters. The number of unbranched alkanes of at least 4 members (excludes halogenated alkanes) is 1. The van der Waals surface area contributed by atoms with Crippen molar-refractivity contribution in [1.29, 1.82) is 0 Å². The van der Waals surface area contributed by atoms with Crippen LogP contribution in [-0.4, -0.2) is 22.7 Å². The molecule has 0 spiro atoms. The molecule has 4 nitrogen and oxygen atoms in total. The number of aryl methyl sites for hydroxylation is 1. The van der Waals surface area contributed by atoms with Gasteiger partial charge in [-0.15, -0.1) is 0 Å². The number of rotatable bonds is 5. The minimum atomic E-state index is 0.462. The summed E-state index contributed by atoms with van der Waals surface area (Å²) in [5.74, 6) is 0.794. The van der Waals surface area contributed by atoms with Gasteiger partial charge in [0.05, 0.1) is 12.1 Å². The molecule has 2 aromatic rings.